The minimum atomic E-state index is -0.0751. The van der Waals surface area contributed by atoms with Gasteiger partial charge in [0.15, 0.2) is 0 Å². The summed E-state index contributed by atoms with van der Waals surface area (Å²) in [5.74, 6) is -0.0751. The summed E-state index contributed by atoms with van der Waals surface area (Å²) < 4.78 is 0. The summed E-state index contributed by atoms with van der Waals surface area (Å²) in [4.78, 5) is 14.5. The van der Waals surface area contributed by atoms with E-state index in [-0.39, 0.29) is 5.91 Å². The van der Waals surface area contributed by atoms with Gasteiger partial charge in [-0.05, 0) is 57.4 Å². The van der Waals surface area contributed by atoms with Crippen LogP contribution in [0.25, 0.3) is 0 Å². The fourth-order valence-electron chi connectivity index (χ4n) is 2.20. The topological polar surface area (TPSA) is 44.4 Å². The lowest BCUT2D eigenvalue weighted by Crippen LogP contribution is -2.27. The number of hydrogen-bond donors (Lipinski definition) is 2. The van der Waals surface area contributed by atoms with Crippen molar-refractivity contribution >= 4 is 28.9 Å². The van der Waals surface area contributed by atoms with Crippen LogP contribution in [0.3, 0.4) is 0 Å². The molecule has 0 saturated carbocycles. The number of nitrogens with one attached hydrogen (secondary N) is 2. The molecule has 0 unspecified atom stereocenters. The maximum atomic E-state index is 12.4. The molecule has 0 atom stereocenters. The lowest BCUT2D eigenvalue weighted by atomic mass is 10.1. The van der Waals surface area contributed by atoms with Crippen LogP contribution in [-0.2, 0) is 0 Å². The summed E-state index contributed by atoms with van der Waals surface area (Å²) in [5, 5.41) is 6.86. The van der Waals surface area contributed by atoms with Gasteiger partial charge in [0.25, 0.3) is 5.91 Å². The summed E-state index contributed by atoms with van der Waals surface area (Å²) in [6.45, 7) is 1.60. The fourth-order valence-corrected chi connectivity index (χ4v) is 2.39. The monoisotopic (exact) mass is 331 g/mol. The summed E-state index contributed by atoms with van der Waals surface area (Å²) in [5.41, 5.74) is 2.24. The maximum absolute atomic E-state index is 12.4. The number of benzene rings is 2. The lowest BCUT2D eigenvalue weighted by Gasteiger charge is -2.13. The van der Waals surface area contributed by atoms with E-state index in [1.807, 2.05) is 62.6 Å². The average Bonchev–Trinajstić information content (AvgIpc) is 2.52. The number of halogens is 1. The highest BCUT2D eigenvalue weighted by Gasteiger charge is 2.10. The van der Waals surface area contributed by atoms with Gasteiger partial charge in [-0.15, -0.1) is 0 Å². The van der Waals surface area contributed by atoms with Crippen LogP contribution in [0.15, 0.2) is 48.5 Å². The molecule has 0 spiro atoms. The van der Waals surface area contributed by atoms with Crippen LogP contribution < -0.4 is 10.6 Å². The summed E-state index contributed by atoms with van der Waals surface area (Å²) in [6.07, 6.45) is 0.919. The van der Waals surface area contributed by atoms with Crippen molar-refractivity contribution in [2.45, 2.75) is 6.42 Å². The van der Waals surface area contributed by atoms with E-state index in [0.29, 0.717) is 17.1 Å². The number of nitrogens with zero attached hydrogens (tertiary/aromatic N) is 1. The second kappa shape index (κ2) is 8.56. The zero-order chi connectivity index (χ0) is 16.7. The largest absolute Gasteiger partial charge is 0.355 e. The van der Waals surface area contributed by atoms with Crippen molar-refractivity contribution in [2.75, 3.05) is 32.5 Å². The first kappa shape index (κ1) is 17.3. The van der Waals surface area contributed by atoms with Gasteiger partial charge in [0.1, 0.15) is 0 Å². The highest BCUT2D eigenvalue weighted by molar-refractivity contribution is 6.30. The molecule has 0 fully saturated rings. The van der Waals surface area contributed by atoms with E-state index < -0.39 is 0 Å². The molecule has 0 aliphatic rings. The molecule has 0 heterocycles. The molecule has 23 heavy (non-hydrogen) atoms. The van der Waals surface area contributed by atoms with Crippen LogP contribution in [0, 0.1) is 0 Å². The molecule has 2 rings (SSSR count). The molecule has 2 N–H and O–H groups in total. The normalized spacial score (nSPS) is 10.6. The lowest BCUT2D eigenvalue weighted by molar-refractivity contribution is 0.0953. The van der Waals surface area contributed by atoms with Crippen LogP contribution in [0.5, 0.6) is 0 Å². The Hall–Kier alpha value is -2.04. The van der Waals surface area contributed by atoms with Crippen molar-refractivity contribution < 1.29 is 4.79 Å². The van der Waals surface area contributed by atoms with Crippen LogP contribution in [0.2, 0.25) is 5.02 Å². The quantitative estimate of drug-likeness (QED) is 0.759. The fraction of sp³-hybridized carbons (Fsp3) is 0.278. The highest BCUT2D eigenvalue weighted by Crippen LogP contribution is 2.23. The second-order valence-corrected chi connectivity index (χ2v) is 6.03. The minimum absolute atomic E-state index is 0.0751. The van der Waals surface area contributed by atoms with Crippen LogP contribution in [0.1, 0.15) is 16.8 Å². The number of hydrogen-bond acceptors (Lipinski definition) is 3. The SMILES string of the molecule is CN(C)CCCNC(=O)c1ccccc1Nc1cccc(Cl)c1. The van der Waals surface area contributed by atoms with E-state index >= 15 is 0 Å². The molecule has 2 aromatic rings. The average molecular weight is 332 g/mol. The molecule has 4 nitrogen and oxygen atoms in total. The molecular formula is C18H22ClN3O. The number of carbonyl (C=O) groups excluding carboxylic acids is 1. The minimum Gasteiger partial charge on any atom is -0.355 e. The molecule has 0 saturated heterocycles. The van der Waals surface area contributed by atoms with E-state index in [1.54, 1.807) is 0 Å². The first-order valence-electron chi connectivity index (χ1n) is 7.61. The predicted octanol–water partition coefficient (Wildman–Crippen LogP) is 3.77. The van der Waals surface area contributed by atoms with Crippen LogP contribution in [0.4, 0.5) is 11.4 Å². The van der Waals surface area contributed by atoms with E-state index in [4.69, 9.17) is 11.6 Å². The molecule has 5 heteroatoms. The zero-order valence-electron chi connectivity index (χ0n) is 13.5. The molecule has 0 aliphatic carbocycles. The van der Waals surface area contributed by atoms with Crippen molar-refractivity contribution in [2.24, 2.45) is 0 Å². The number of para-hydroxylation sites is 1. The third-order valence-electron chi connectivity index (χ3n) is 3.34. The molecular weight excluding hydrogens is 310 g/mol. The molecule has 0 bridgehead atoms. The molecule has 0 radical (unpaired) electrons. The van der Waals surface area contributed by atoms with Gasteiger partial charge in [0.05, 0.1) is 11.3 Å². The number of rotatable bonds is 7. The smallest absolute Gasteiger partial charge is 0.253 e. The van der Waals surface area contributed by atoms with Gasteiger partial charge in [-0.1, -0.05) is 29.8 Å². The zero-order valence-corrected chi connectivity index (χ0v) is 14.2. The van der Waals surface area contributed by atoms with Crippen molar-refractivity contribution in [3.63, 3.8) is 0 Å². The van der Waals surface area contributed by atoms with Crippen molar-refractivity contribution in [3.05, 3.63) is 59.1 Å². The van der Waals surface area contributed by atoms with Gasteiger partial charge in [0.2, 0.25) is 0 Å². The molecule has 0 aromatic heterocycles. The second-order valence-electron chi connectivity index (χ2n) is 5.59. The third-order valence-corrected chi connectivity index (χ3v) is 3.58. The van der Waals surface area contributed by atoms with Gasteiger partial charge in [-0.3, -0.25) is 4.79 Å². The number of carbonyl (C=O) groups is 1. The van der Waals surface area contributed by atoms with Crippen molar-refractivity contribution in [1.82, 2.24) is 10.2 Å². The van der Waals surface area contributed by atoms with Crippen molar-refractivity contribution in [3.8, 4) is 0 Å². The van der Waals surface area contributed by atoms with E-state index in [1.165, 1.54) is 0 Å². The Labute approximate surface area is 142 Å². The van der Waals surface area contributed by atoms with E-state index in [9.17, 15) is 4.79 Å². The van der Waals surface area contributed by atoms with Gasteiger partial charge in [-0.25, -0.2) is 0 Å². The Bertz CT molecular complexity index is 658. The molecule has 0 aliphatic heterocycles. The molecule has 122 valence electrons. The Morgan fingerprint density at radius 2 is 1.91 bits per heavy atom. The molecule has 1 amide bonds. The van der Waals surface area contributed by atoms with Gasteiger partial charge >= 0.3 is 0 Å². The summed E-state index contributed by atoms with van der Waals surface area (Å²) in [7, 11) is 4.04. The Morgan fingerprint density at radius 1 is 1.13 bits per heavy atom. The Kier molecular flexibility index (Phi) is 6.44. The van der Waals surface area contributed by atoms with Gasteiger partial charge in [0, 0.05) is 17.3 Å². The van der Waals surface area contributed by atoms with E-state index in [2.05, 4.69) is 15.5 Å². The first-order chi connectivity index (χ1) is 11.1. The Morgan fingerprint density at radius 3 is 2.65 bits per heavy atom. The van der Waals surface area contributed by atoms with Crippen LogP contribution in [-0.4, -0.2) is 38.0 Å². The third kappa shape index (κ3) is 5.58. The predicted molar refractivity (Wildman–Crippen MR) is 96.7 cm³/mol. The summed E-state index contributed by atoms with van der Waals surface area (Å²) in [6, 6.07) is 14.9. The maximum Gasteiger partial charge on any atom is 0.253 e. The van der Waals surface area contributed by atoms with Gasteiger partial charge < -0.3 is 15.5 Å². The number of anilines is 2. The van der Waals surface area contributed by atoms with Crippen LogP contribution >= 0.6 is 11.6 Å². The standard InChI is InChI=1S/C18H22ClN3O/c1-22(2)12-6-11-20-18(23)16-9-3-4-10-17(16)21-15-8-5-7-14(19)13-15/h3-5,7-10,13,21H,6,11-12H2,1-2H3,(H,20,23). The van der Waals surface area contributed by atoms with Crippen molar-refractivity contribution in [1.29, 1.82) is 0 Å². The Balaban J connectivity index is 2.03. The number of amides is 1. The van der Waals surface area contributed by atoms with E-state index in [0.717, 1.165) is 24.3 Å². The summed E-state index contributed by atoms with van der Waals surface area (Å²) >= 11 is 6.00. The molecule has 2 aromatic carbocycles. The van der Waals surface area contributed by atoms with Gasteiger partial charge in [-0.2, -0.15) is 0 Å². The first-order valence-corrected chi connectivity index (χ1v) is 7.98. The highest BCUT2D eigenvalue weighted by atomic mass is 35.5.